The van der Waals surface area contributed by atoms with Crippen LogP contribution in [0.5, 0.6) is 0 Å². The molecule has 26 heavy (non-hydrogen) atoms. The fourth-order valence-electron chi connectivity index (χ4n) is 2.95. The topological polar surface area (TPSA) is 83.3 Å². The minimum atomic E-state index is 0. The van der Waals surface area contributed by atoms with Gasteiger partial charge in [0.2, 0.25) is 0 Å². The first-order valence-corrected chi connectivity index (χ1v) is 9.71. The van der Waals surface area contributed by atoms with Crippen LogP contribution in [0, 0.1) is 0 Å². The highest BCUT2D eigenvalue weighted by atomic mass is 127. The molecule has 0 aromatic carbocycles. The van der Waals surface area contributed by atoms with Crippen LogP contribution in [0.3, 0.4) is 0 Å². The molecule has 144 valence electrons. The summed E-state index contributed by atoms with van der Waals surface area (Å²) in [4.78, 5) is 15.4. The molecular weight excluding hydrogens is 463 g/mol. The van der Waals surface area contributed by atoms with E-state index in [1.54, 1.807) is 17.2 Å². The standard InChI is InChI=1S/C16H26N8S.HI/c1-4-12-10-24(7-8-25-12)16(17-2)19-6-5-18-14-13-9-22-23(3)15(13)21-11-20-14;/h9,11-12H,4-8,10H2,1-3H3,(H,17,19)(H,18,20,21);1H. The molecule has 0 bridgehead atoms. The molecule has 0 spiro atoms. The Hall–Kier alpha value is -1.30. The molecule has 1 fully saturated rings. The molecule has 1 saturated heterocycles. The van der Waals surface area contributed by atoms with Crippen molar-refractivity contribution in [2.75, 3.05) is 44.3 Å². The van der Waals surface area contributed by atoms with Gasteiger partial charge in [-0.2, -0.15) is 16.9 Å². The summed E-state index contributed by atoms with van der Waals surface area (Å²) in [5.74, 6) is 2.96. The molecule has 1 aliphatic heterocycles. The zero-order valence-electron chi connectivity index (χ0n) is 15.5. The monoisotopic (exact) mass is 490 g/mol. The van der Waals surface area contributed by atoms with E-state index in [0.29, 0.717) is 5.25 Å². The number of aryl methyl sites for hydroxylation is 1. The van der Waals surface area contributed by atoms with Crippen molar-refractivity contribution in [2.24, 2.45) is 12.0 Å². The fraction of sp³-hybridized carbons (Fsp3) is 0.625. The molecule has 0 amide bonds. The predicted octanol–water partition coefficient (Wildman–Crippen LogP) is 1.80. The lowest BCUT2D eigenvalue weighted by atomic mass is 10.3. The van der Waals surface area contributed by atoms with Crippen LogP contribution in [0.2, 0.25) is 0 Å². The Morgan fingerprint density at radius 2 is 2.23 bits per heavy atom. The van der Waals surface area contributed by atoms with Gasteiger partial charge in [-0.05, 0) is 6.42 Å². The van der Waals surface area contributed by atoms with Crippen molar-refractivity contribution < 1.29 is 0 Å². The molecule has 0 aliphatic carbocycles. The van der Waals surface area contributed by atoms with Crippen LogP contribution < -0.4 is 10.6 Å². The van der Waals surface area contributed by atoms with Crippen LogP contribution >= 0.6 is 35.7 Å². The Morgan fingerprint density at radius 1 is 1.38 bits per heavy atom. The smallest absolute Gasteiger partial charge is 0.193 e. The molecule has 8 nitrogen and oxygen atoms in total. The van der Waals surface area contributed by atoms with Gasteiger partial charge >= 0.3 is 0 Å². The van der Waals surface area contributed by atoms with Gasteiger partial charge < -0.3 is 15.5 Å². The van der Waals surface area contributed by atoms with Crippen LogP contribution in [0.1, 0.15) is 13.3 Å². The maximum Gasteiger partial charge on any atom is 0.193 e. The molecule has 2 aromatic heterocycles. The number of guanidine groups is 1. The Labute approximate surface area is 175 Å². The number of nitrogens with one attached hydrogen (secondary N) is 2. The van der Waals surface area contributed by atoms with Crippen molar-refractivity contribution in [3.8, 4) is 0 Å². The summed E-state index contributed by atoms with van der Waals surface area (Å²) in [6, 6.07) is 0. The number of hydrogen-bond acceptors (Lipinski definition) is 6. The molecule has 10 heteroatoms. The lowest BCUT2D eigenvalue weighted by Gasteiger charge is -2.34. The van der Waals surface area contributed by atoms with Crippen molar-refractivity contribution in [1.82, 2.24) is 30.0 Å². The number of thioether (sulfide) groups is 1. The first-order chi connectivity index (χ1) is 12.2. The summed E-state index contributed by atoms with van der Waals surface area (Å²) in [7, 11) is 3.73. The molecule has 1 aliphatic rings. The fourth-order valence-corrected chi connectivity index (χ4v) is 4.13. The highest BCUT2D eigenvalue weighted by Gasteiger charge is 2.21. The lowest BCUT2D eigenvalue weighted by Crippen LogP contribution is -2.48. The summed E-state index contributed by atoms with van der Waals surface area (Å²) in [5.41, 5.74) is 0.831. The number of aromatic nitrogens is 4. The largest absolute Gasteiger partial charge is 0.368 e. The molecule has 3 rings (SSSR count). The van der Waals surface area contributed by atoms with Crippen molar-refractivity contribution in [3.05, 3.63) is 12.5 Å². The van der Waals surface area contributed by atoms with Gasteiger partial charge in [0.15, 0.2) is 11.6 Å². The Balaban J connectivity index is 0.00000243. The quantitative estimate of drug-likeness (QED) is 0.286. The highest BCUT2D eigenvalue weighted by Crippen LogP contribution is 2.21. The number of halogens is 1. The summed E-state index contributed by atoms with van der Waals surface area (Å²) >= 11 is 2.06. The van der Waals surface area contributed by atoms with Crippen LogP contribution in [0.15, 0.2) is 17.5 Å². The van der Waals surface area contributed by atoms with Crippen LogP contribution in [-0.4, -0.2) is 74.8 Å². The van der Waals surface area contributed by atoms with Gasteiger partial charge in [0.05, 0.1) is 11.6 Å². The molecule has 1 unspecified atom stereocenters. The van der Waals surface area contributed by atoms with Gasteiger partial charge in [-0.3, -0.25) is 9.67 Å². The van der Waals surface area contributed by atoms with E-state index >= 15 is 0 Å². The minimum absolute atomic E-state index is 0. The molecule has 2 N–H and O–H groups in total. The summed E-state index contributed by atoms with van der Waals surface area (Å²) in [6.45, 7) is 5.90. The zero-order valence-corrected chi connectivity index (χ0v) is 18.6. The molecular formula is C16H27IN8S. The number of hydrogen-bond donors (Lipinski definition) is 2. The number of aliphatic imine (C=N–C) groups is 1. The van der Waals surface area contributed by atoms with Crippen LogP contribution in [0.4, 0.5) is 5.82 Å². The SMILES string of the molecule is CCC1CN(C(=NC)NCCNc2ncnc3c2cnn3C)CCS1.I. The Kier molecular flexibility index (Phi) is 8.19. The second-order valence-electron chi connectivity index (χ2n) is 5.98. The summed E-state index contributed by atoms with van der Waals surface area (Å²) in [5, 5.41) is 12.7. The van der Waals surface area contributed by atoms with Gasteiger partial charge in [0.1, 0.15) is 12.1 Å². The summed E-state index contributed by atoms with van der Waals surface area (Å²) < 4.78 is 1.75. The Bertz CT molecular complexity index is 734. The van der Waals surface area contributed by atoms with E-state index in [9.17, 15) is 0 Å². The number of anilines is 1. The van der Waals surface area contributed by atoms with Gasteiger partial charge in [-0.25, -0.2) is 9.97 Å². The number of rotatable bonds is 5. The molecule has 1 atom stereocenters. The maximum atomic E-state index is 4.43. The van der Waals surface area contributed by atoms with E-state index in [1.807, 2.05) is 14.1 Å². The van der Waals surface area contributed by atoms with Crippen LogP contribution in [-0.2, 0) is 7.05 Å². The summed E-state index contributed by atoms with van der Waals surface area (Å²) in [6.07, 6.45) is 4.56. The second-order valence-corrected chi connectivity index (χ2v) is 7.38. The van der Waals surface area contributed by atoms with Gasteiger partial charge in [-0.15, -0.1) is 24.0 Å². The van der Waals surface area contributed by atoms with E-state index in [2.05, 4.69) is 54.3 Å². The van der Waals surface area contributed by atoms with E-state index < -0.39 is 0 Å². The molecule has 3 heterocycles. The third kappa shape index (κ3) is 4.90. The van der Waals surface area contributed by atoms with Crippen molar-refractivity contribution in [2.45, 2.75) is 18.6 Å². The predicted molar refractivity (Wildman–Crippen MR) is 120 cm³/mol. The minimum Gasteiger partial charge on any atom is -0.368 e. The zero-order chi connectivity index (χ0) is 17.6. The second kappa shape index (κ2) is 10.1. The van der Waals surface area contributed by atoms with Crippen molar-refractivity contribution in [1.29, 1.82) is 0 Å². The Morgan fingerprint density at radius 3 is 3.00 bits per heavy atom. The first-order valence-electron chi connectivity index (χ1n) is 8.66. The van der Waals surface area contributed by atoms with E-state index in [1.165, 1.54) is 6.42 Å². The molecule has 2 aromatic rings. The van der Waals surface area contributed by atoms with Crippen molar-refractivity contribution in [3.63, 3.8) is 0 Å². The normalized spacial score (nSPS) is 17.9. The van der Waals surface area contributed by atoms with Gasteiger partial charge in [0.25, 0.3) is 0 Å². The highest BCUT2D eigenvalue weighted by molar-refractivity contribution is 14.0. The lowest BCUT2D eigenvalue weighted by molar-refractivity contribution is 0.409. The average molecular weight is 490 g/mol. The van der Waals surface area contributed by atoms with Crippen molar-refractivity contribution >= 4 is 58.5 Å². The molecule has 0 radical (unpaired) electrons. The van der Waals surface area contributed by atoms with E-state index in [-0.39, 0.29) is 24.0 Å². The molecule has 0 saturated carbocycles. The third-order valence-corrected chi connectivity index (χ3v) is 5.71. The first kappa shape index (κ1) is 21.0. The third-order valence-electron chi connectivity index (χ3n) is 4.34. The van der Waals surface area contributed by atoms with E-state index in [4.69, 9.17) is 0 Å². The number of nitrogens with zero attached hydrogens (tertiary/aromatic N) is 6. The van der Waals surface area contributed by atoms with Gasteiger partial charge in [0, 0.05) is 51.3 Å². The average Bonchev–Trinajstić information content (AvgIpc) is 3.04. The maximum absolute atomic E-state index is 4.43. The van der Waals surface area contributed by atoms with E-state index in [0.717, 1.165) is 54.7 Å². The van der Waals surface area contributed by atoms with Gasteiger partial charge in [-0.1, -0.05) is 6.92 Å². The number of fused-ring (bicyclic) bond motifs is 1. The van der Waals surface area contributed by atoms with Crippen LogP contribution in [0.25, 0.3) is 11.0 Å².